The number of hydrogen-bond acceptors (Lipinski definition) is 8. The van der Waals surface area contributed by atoms with Crippen molar-refractivity contribution in [3.05, 3.63) is 85.2 Å². The van der Waals surface area contributed by atoms with Gasteiger partial charge >= 0.3 is 0 Å². The third-order valence-electron chi connectivity index (χ3n) is 7.67. The Morgan fingerprint density at radius 3 is 2.59 bits per heavy atom. The third kappa shape index (κ3) is 4.94. The fraction of sp³-hybridized carbons (Fsp3) is 0.367. The molecule has 3 aromatic heterocycles. The molecule has 0 bridgehead atoms. The van der Waals surface area contributed by atoms with E-state index in [1.54, 1.807) is 30.2 Å². The highest BCUT2D eigenvalue weighted by Crippen LogP contribution is 2.38. The van der Waals surface area contributed by atoms with Crippen molar-refractivity contribution in [1.29, 1.82) is 0 Å². The van der Waals surface area contributed by atoms with Crippen LogP contribution in [0.1, 0.15) is 58.4 Å². The molecule has 0 saturated carbocycles. The molecule has 212 valence electrons. The molecule has 0 N–H and O–H groups in total. The van der Waals surface area contributed by atoms with Gasteiger partial charge in [0.1, 0.15) is 6.54 Å². The second-order valence-electron chi connectivity index (χ2n) is 10.4. The minimum atomic E-state index is -0.377. The van der Waals surface area contributed by atoms with E-state index in [4.69, 9.17) is 19.6 Å². The molecule has 1 unspecified atom stereocenters. The number of fused-ring (bicyclic) bond motifs is 1. The van der Waals surface area contributed by atoms with E-state index in [1.807, 2.05) is 55.6 Å². The molecule has 0 radical (unpaired) electrons. The first-order valence-electron chi connectivity index (χ1n) is 13.7. The first-order chi connectivity index (χ1) is 19.9. The number of methoxy groups -OCH3 is 2. The summed E-state index contributed by atoms with van der Waals surface area (Å²) in [6.07, 6.45) is 3.85. The summed E-state index contributed by atoms with van der Waals surface area (Å²) in [6, 6.07) is 11.2. The number of hydrazone groups is 1. The van der Waals surface area contributed by atoms with Crippen LogP contribution in [-0.4, -0.2) is 50.2 Å². The van der Waals surface area contributed by atoms with E-state index in [0.29, 0.717) is 35.9 Å². The lowest BCUT2D eigenvalue weighted by molar-refractivity contribution is -0.133. The molecule has 0 saturated heterocycles. The fourth-order valence-corrected chi connectivity index (χ4v) is 6.39. The van der Waals surface area contributed by atoms with E-state index in [2.05, 4.69) is 5.10 Å². The molecule has 6 rings (SSSR count). The predicted molar refractivity (Wildman–Crippen MR) is 156 cm³/mol. The number of benzene rings is 1. The van der Waals surface area contributed by atoms with Crippen molar-refractivity contribution in [2.75, 3.05) is 14.2 Å². The monoisotopic (exact) mass is 572 g/mol. The Hall–Kier alpha value is -4.25. The predicted octanol–water partition coefficient (Wildman–Crippen LogP) is 4.38. The van der Waals surface area contributed by atoms with Crippen LogP contribution >= 0.6 is 11.3 Å². The maximum Gasteiger partial charge on any atom is 0.263 e. The van der Waals surface area contributed by atoms with Crippen LogP contribution in [0.4, 0.5) is 0 Å². The molecule has 1 aliphatic carbocycles. The van der Waals surface area contributed by atoms with Crippen molar-refractivity contribution in [2.45, 2.75) is 58.5 Å². The summed E-state index contributed by atoms with van der Waals surface area (Å²) in [5.74, 6) is 1.23. The van der Waals surface area contributed by atoms with E-state index in [1.165, 1.54) is 9.58 Å². The van der Waals surface area contributed by atoms with Gasteiger partial charge in [-0.25, -0.2) is 14.7 Å². The van der Waals surface area contributed by atoms with Gasteiger partial charge in [0.25, 0.3) is 11.5 Å². The van der Waals surface area contributed by atoms with Crippen LogP contribution in [0, 0.1) is 13.8 Å². The lowest BCUT2D eigenvalue weighted by Gasteiger charge is -2.25. The highest BCUT2D eigenvalue weighted by Gasteiger charge is 2.35. The molecule has 4 aromatic rings. The topological polar surface area (TPSA) is 104 Å². The van der Waals surface area contributed by atoms with Crippen molar-refractivity contribution in [3.8, 4) is 17.4 Å². The Labute approximate surface area is 241 Å². The van der Waals surface area contributed by atoms with E-state index in [0.717, 1.165) is 52.5 Å². The van der Waals surface area contributed by atoms with Gasteiger partial charge in [-0.2, -0.15) is 10.2 Å². The van der Waals surface area contributed by atoms with Crippen LogP contribution in [0.5, 0.6) is 11.5 Å². The lowest BCUT2D eigenvalue weighted by Crippen LogP contribution is -2.38. The van der Waals surface area contributed by atoms with Crippen molar-refractivity contribution in [1.82, 2.24) is 24.3 Å². The Morgan fingerprint density at radius 1 is 1.07 bits per heavy atom. The van der Waals surface area contributed by atoms with Gasteiger partial charge in [0.05, 0.1) is 42.2 Å². The van der Waals surface area contributed by atoms with E-state index < -0.39 is 0 Å². The second-order valence-corrected chi connectivity index (χ2v) is 11.3. The average Bonchev–Trinajstić information content (AvgIpc) is 3.74. The largest absolute Gasteiger partial charge is 0.493 e. The van der Waals surface area contributed by atoms with Crippen molar-refractivity contribution in [3.63, 3.8) is 0 Å². The van der Waals surface area contributed by atoms with E-state index in [-0.39, 0.29) is 24.1 Å². The SMILES string of the molecule is COc1ccc(C2CC(c3cccs3)=NN2C(=O)Cn2c(-n3nc(C)cc3C)nc3c(c2=O)CCCC3)cc1OC. The summed E-state index contributed by atoms with van der Waals surface area (Å²) in [6.45, 7) is 3.61. The van der Waals surface area contributed by atoms with Gasteiger partial charge in [0, 0.05) is 17.7 Å². The Bertz CT molecular complexity index is 1700. The number of carbonyl (C=O) groups excluding carboxylic acids is 1. The van der Waals surface area contributed by atoms with Crippen LogP contribution in [0.25, 0.3) is 5.95 Å². The molecule has 11 heteroatoms. The van der Waals surface area contributed by atoms with Crippen LogP contribution in [0.15, 0.2) is 51.7 Å². The minimum Gasteiger partial charge on any atom is -0.493 e. The highest BCUT2D eigenvalue weighted by molar-refractivity contribution is 7.12. The van der Waals surface area contributed by atoms with Gasteiger partial charge in [0.15, 0.2) is 11.5 Å². The van der Waals surface area contributed by atoms with Gasteiger partial charge in [0.2, 0.25) is 5.95 Å². The van der Waals surface area contributed by atoms with Gasteiger partial charge in [-0.15, -0.1) is 11.3 Å². The summed E-state index contributed by atoms with van der Waals surface area (Å²) in [5.41, 5.74) is 4.64. The number of carbonyl (C=O) groups is 1. The van der Waals surface area contributed by atoms with Crippen LogP contribution in [-0.2, 0) is 24.2 Å². The summed E-state index contributed by atoms with van der Waals surface area (Å²) in [4.78, 5) is 33.9. The molecular weight excluding hydrogens is 540 g/mol. The number of rotatable bonds is 7. The number of amides is 1. The second kappa shape index (κ2) is 11.0. The zero-order chi connectivity index (χ0) is 28.7. The number of thiophene rings is 1. The van der Waals surface area contributed by atoms with Crippen LogP contribution in [0.3, 0.4) is 0 Å². The normalized spacial score (nSPS) is 16.4. The van der Waals surface area contributed by atoms with Crippen molar-refractivity contribution in [2.24, 2.45) is 5.10 Å². The van der Waals surface area contributed by atoms with Gasteiger partial charge in [-0.3, -0.25) is 14.2 Å². The molecule has 4 heterocycles. The first kappa shape index (κ1) is 26.9. The molecule has 41 heavy (non-hydrogen) atoms. The molecular formula is C30H32N6O4S. The maximum absolute atomic E-state index is 14.1. The molecule has 2 aliphatic rings. The summed E-state index contributed by atoms with van der Waals surface area (Å²) < 4.78 is 14.1. The van der Waals surface area contributed by atoms with E-state index in [9.17, 15) is 9.59 Å². The highest BCUT2D eigenvalue weighted by atomic mass is 32.1. The van der Waals surface area contributed by atoms with Gasteiger partial charge < -0.3 is 9.47 Å². The minimum absolute atomic E-state index is 0.185. The Balaban J connectivity index is 1.42. The number of ether oxygens (including phenoxy) is 2. The van der Waals surface area contributed by atoms with E-state index >= 15 is 0 Å². The first-order valence-corrected chi connectivity index (χ1v) is 14.6. The summed E-state index contributed by atoms with van der Waals surface area (Å²) in [7, 11) is 3.18. The number of aromatic nitrogens is 4. The molecule has 10 nitrogen and oxygen atoms in total. The van der Waals surface area contributed by atoms with Crippen molar-refractivity contribution < 1.29 is 14.3 Å². The van der Waals surface area contributed by atoms with Gasteiger partial charge in [-0.1, -0.05) is 12.1 Å². The molecule has 1 amide bonds. The third-order valence-corrected chi connectivity index (χ3v) is 8.59. The molecule has 0 fully saturated rings. The Kier molecular flexibility index (Phi) is 7.21. The Morgan fingerprint density at radius 2 is 1.88 bits per heavy atom. The number of nitrogens with zero attached hydrogens (tertiary/aromatic N) is 6. The summed E-state index contributed by atoms with van der Waals surface area (Å²) in [5, 5.41) is 12.9. The van der Waals surface area contributed by atoms with Gasteiger partial charge in [-0.05, 0) is 74.7 Å². The quantitative estimate of drug-likeness (QED) is 0.326. The van der Waals surface area contributed by atoms with Crippen molar-refractivity contribution >= 4 is 23.0 Å². The lowest BCUT2D eigenvalue weighted by atomic mass is 9.97. The smallest absolute Gasteiger partial charge is 0.263 e. The molecule has 1 aromatic carbocycles. The number of hydrogen-bond donors (Lipinski definition) is 0. The maximum atomic E-state index is 14.1. The average molecular weight is 573 g/mol. The summed E-state index contributed by atoms with van der Waals surface area (Å²) >= 11 is 1.58. The standard InChI is InChI=1S/C30H32N6O4S/c1-18-14-19(2)35(32-18)30-31-22-9-6-5-8-21(22)29(38)34(30)17-28(37)36-24(16-23(33-36)27-10-7-13-41-27)20-11-12-25(39-3)26(15-20)40-4/h7,10-15,24H,5-6,8-9,16-17H2,1-4H3. The molecule has 0 spiro atoms. The molecule has 1 aliphatic heterocycles. The zero-order valence-corrected chi connectivity index (χ0v) is 24.4. The molecule has 1 atom stereocenters. The number of aryl methyl sites for hydroxylation is 3. The van der Waals surface area contributed by atoms with Crippen LogP contribution in [0.2, 0.25) is 0 Å². The van der Waals surface area contributed by atoms with Crippen LogP contribution < -0.4 is 15.0 Å². The zero-order valence-electron chi connectivity index (χ0n) is 23.6. The fourth-order valence-electron chi connectivity index (χ4n) is 5.67.